The molecule has 3 aromatic rings. The zero-order valence-electron chi connectivity index (χ0n) is 21.0. The van der Waals surface area contributed by atoms with Crippen LogP contribution in [0, 0.1) is 0 Å². The van der Waals surface area contributed by atoms with Crippen LogP contribution in [0.1, 0.15) is 42.9 Å². The number of Topliss-reactive ketones (excluding diaryl/α,β-unsaturated/α-hetero) is 1. The summed E-state index contributed by atoms with van der Waals surface area (Å²) in [7, 11) is 0. The molecule has 5 heteroatoms. The number of benzene rings is 3. The largest absolute Gasteiger partial charge is 0.374 e. The third-order valence-corrected chi connectivity index (χ3v) is 6.40. The molecule has 1 heterocycles. The molecule has 4 rings (SSSR count). The molecule has 0 aromatic heterocycles. The Labute approximate surface area is 214 Å². The van der Waals surface area contributed by atoms with E-state index in [0.717, 1.165) is 16.7 Å². The van der Waals surface area contributed by atoms with Crippen molar-refractivity contribution in [3.8, 4) is 0 Å². The van der Waals surface area contributed by atoms with Gasteiger partial charge in [-0.25, -0.2) is 0 Å². The highest BCUT2D eigenvalue weighted by Gasteiger charge is 2.40. The molecule has 3 aromatic carbocycles. The van der Waals surface area contributed by atoms with Crippen molar-refractivity contribution in [2.24, 2.45) is 0 Å². The highest BCUT2D eigenvalue weighted by atomic mass is 16.6. The first-order chi connectivity index (χ1) is 17.7. The first-order valence-electron chi connectivity index (χ1n) is 12.7. The fourth-order valence-electron chi connectivity index (χ4n) is 4.49. The molecular weight excluding hydrogens is 452 g/mol. The van der Waals surface area contributed by atoms with Crippen LogP contribution in [0.15, 0.2) is 91.0 Å². The number of hydrogen-bond donors (Lipinski definition) is 0. The number of rotatable bonds is 13. The van der Waals surface area contributed by atoms with Crippen LogP contribution in [0.4, 0.5) is 0 Å². The van der Waals surface area contributed by atoms with Gasteiger partial charge in [-0.05, 0) is 30.0 Å². The van der Waals surface area contributed by atoms with Gasteiger partial charge in [0.2, 0.25) is 0 Å². The van der Waals surface area contributed by atoms with E-state index >= 15 is 0 Å². The van der Waals surface area contributed by atoms with E-state index in [2.05, 4.69) is 24.3 Å². The second-order valence-electron chi connectivity index (χ2n) is 9.37. The molecular formula is C31H36O5. The first kappa shape index (κ1) is 26.2. The minimum absolute atomic E-state index is 0.0865. The zero-order chi connectivity index (χ0) is 25.0. The lowest BCUT2D eigenvalue weighted by Crippen LogP contribution is -2.52. The molecule has 0 spiro atoms. The average molecular weight is 489 g/mol. The fourth-order valence-corrected chi connectivity index (χ4v) is 4.49. The van der Waals surface area contributed by atoms with E-state index in [-0.39, 0.29) is 30.2 Å². The van der Waals surface area contributed by atoms with Crippen LogP contribution >= 0.6 is 0 Å². The molecule has 0 amide bonds. The molecule has 1 aliphatic heterocycles. The molecule has 0 radical (unpaired) electrons. The topological polar surface area (TPSA) is 54.0 Å². The van der Waals surface area contributed by atoms with Gasteiger partial charge in [-0.2, -0.15) is 0 Å². The van der Waals surface area contributed by atoms with Crippen molar-refractivity contribution in [3.05, 3.63) is 108 Å². The first-order valence-corrected chi connectivity index (χ1v) is 12.7. The Balaban J connectivity index is 1.47. The smallest absolute Gasteiger partial charge is 0.129 e. The summed E-state index contributed by atoms with van der Waals surface area (Å²) in [4.78, 5) is 11.7. The third kappa shape index (κ3) is 8.38. The summed E-state index contributed by atoms with van der Waals surface area (Å²) >= 11 is 0. The lowest BCUT2D eigenvalue weighted by atomic mass is 9.94. The molecule has 1 aliphatic rings. The predicted molar refractivity (Wildman–Crippen MR) is 139 cm³/mol. The summed E-state index contributed by atoms with van der Waals surface area (Å²) in [5.74, 6) is 0.166. The van der Waals surface area contributed by atoms with E-state index in [9.17, 15) is 4.79 Å². The molecule has 36 heavy (non-hydrogen) atoms. The van der Waals surface area contributed by atoms with Crippen molar-refractivity contribution >= 4 is 5.78 Å². The van der Waals surface area contributed by atoms with Crippen molar-refractivity contribution in [1.29, 1.82) is 0 Å². The monoisotopic (exact) mass is 488 g/mol. The van der Waals surface area contributed by atoms with Crippen LogP contribution in [-0.4, -0.2) is 36.8 Å². The second kappa shape index (κ2) is 14.0. The lowest BCUT2D eigenvalue weighted by molar-refractivity contribution is -0.221. The molecule has 0 unspecified atom stereocenters. The normalized spacial score (nSPS) is 21.8. The van der Waals surface area contributed by atoms with Crippen LogP contribution in [0.5, 0.6) is 0 Å². The SMILES string of the molecule is CC(=O)CC[C@@H]1C[C@@H](OCc2ccccc2)[C@@H](OCc2ccccc2)[C@@H](COCc2ccccc2)O1. The fraction of sp³-hybridized carbons (Fsp3) is 0.387. The quantitative estimate of drug-likeness (QED) is 0.300. The van der Waals surface area contributed by atoms with Crippen molar-refractivity contribution < 1.29 is 23.7 Å². The van der Waals surface area contributed by atoms with Gasteiger partial charge in [0, 0.05) is 12.8 Å². The van der Waals surface area contributed by atoms with Crippen LogP contribution < -0.4 is 0 Å². The van der Waals surface area contributed by atoms with E-state index in [4.69, 9.17) is 18.9 Å². The van der Waals surface area contributed by atoms with Gasteiger partial charge in [0.25, 0.3) is 0 Å². The van der Waals surface area contributed by atoms with E-state index in [1.807, 2.05) is 66.7 Å². The van der Waals surface area contributed by atoms with Gasteiger partial charge in [0.15, 0.2) is 0 Å². The minimum atomic E-state index is -0.302. The average Bonchev–Trinajstić information content (AvgIpc) is 2.92. The molecule has 1 fully saturated rings. The number of ether oxygens (including phenoxy) is 4. The summed E-state index contributed by atoms with van der Waals surface area (Å²) in [5, 5.41) is 0. The minimum Gasteiger partial charge on any atom is -0.374 e. The highest BCUT2D eigenvalue weighted by Crippen LogP contribution is 2.30. The molecule has 0 aliphatic carbocycles. The van der Waals surface area contributed by atoms with Gasteiger partial charge >= 0.3 is 0 Å². The van der Waals surface area contributed by atoms with Crippen LogP contribution in [0.25, 0.3) is 0 Å². The maximum Gasteiger partial charge on any atom is 0.129 e. The van der Waals surface area contributed by atoms with Crippen LogP contribution in [-0.2, 0) is 43.6 Å². The molecule has 0 N–H and O–H groups in total. The molecule has 0 saturated carbocycles. The summed E-state index contributed by atoms with van der Waals surface area (Å²) in [5.41, 5.74) is 3.32. The van der Waals surface area contributed by atoms with Crippen LogP contribution in [0.2, 0.25) is 0 Å². The number of carbonyl (C=O) groups is 1. The summed E-state index contributed by atoms with van der Waals surface area (Å²) in [6.45, 7) is 3.47. The van der Waals surface area contributed by atoms with Gasteiger partial charge in [0.05, 0.1) is 38.6 Å². The van der Waals surface area contributed by atoms with Gasteiger partial charge in [-0.3, -0.25) is 0 Å². The van der Waals surface area contributed by atoms with Crippen molar-refractivity contribution in [1.82, 2.24) is 0 Å². The summed E-state index contributed by atoms with van der Waals surface area (Å²) in [6.07, 6.45) is 0.975. The summed E-state index contributed by atoms with van der Waals surface area (Å²) in [6, 6.07) is 30.4. The van der Waals surface area contributed by atoms with Gasteiger partial charge in [-0.1, -0.05) is 91.0 Å². The third-order valence-electron chi connectivity index (χ3n) is 6.40. The van der Waals surface area contributed by atoms with Crippen molar-refractivity contribution in [2.45, 2.75) is 70.4 Å². The maximum absolute atomic E-state index is 11.7. The van der Waals surface area contributed by atoms with E-state index in [1.54, 1.807) is 6.92 Å². The Bertz CT molecular complexity index is 1020. The van der Waals surface area contributed by atoms with Crippen LogP contribution in [0.3, 0.4) is 0 Å². The summed E-state index contributed by atoms with van der Waals surface area (Å²) < 4.78 is 25.5. The number of ketones is 1. The standard InChI is InChI=1S/C31H36O5/c1-24(32)17-18-28-19-29(34-21-26-13-7-3-8-14-26)31(35-22-27-15-9-4-10-16-27)30(36-28)23-33-20-25-11-5-2-6-12-25/h2-16,28-31H,17-23H2,1H3/t28-,29-,30-,31-/m1/s1. The van der Waals surface area contributed by atoms with E-state index in [1.165, 1.54) is 0 Å². The molecule has 5 nitrogen and oxygen atoms in total. The lowest BCUT2D eigenvalue weighted by Gasteiger charge is -2.41. The predicted octanol–water partition coefficient (Wildman–Crippen LogP) is 5.90. The Kier molecular flexibility index (Phi) is 10.2. The Morgan fingerprint density at radius 3 is 1.86 bits per heavy atom. The van der Waals surface area contributed by atoms with Crippen molar-refractivity contribution in [3.63, 3.8) is 0 Å². The second-order valence-corrected chi connectivity index (χ2v) is 9.37. The Hall–Kier alpha value is -2.83. The maximum atomic E-state index is 11.7. The molecule has 4 atom stereocenters. The highest BCUT2D eigenvalue weighted by molar-refractivity contribution is 5.75. The van der Waals surface area contributed by atoms with Gasteiger partial charge in [0.1, 0.15) is 18.0 Å². The zero-order valence-corrected chi connectivity index (χ0v) is 21.0. The number of hydrogen-bond acceptors (Lipinski definition) is 5. The van der Waals surface area contributed by atoms with Gasteiger partial charge < -0.3 is 23.7 Å². The van der Waals surface area contributed by atoms with E-state index in [0.29, 0.717) is 45.7 Å². The van der Waals surface area contributed by atoms with E-state index < -0.39 is 0 Å². The molecule has 1 saturated heterocycles. The number of carbonyl (C=O) groups excluding carboxylic acids is 1. The molecule has 0 bridgehead atoms. The van der Waals surface area contributed by atoms with Crippen molar-refractivity contribution in [2.75, 3.05) is 6.61 Å². The van der Waals surface area contributed by atoms with Gasteiger partial charge in [-0.15, -0.1) is 0 Å². The Morgan fingerprint density at radius 2 is 1.31 bits per heavy atom. The Morgan fingerprint density at radius 1 is 0.778 bits per heavy atom. The molecule has 190 valence electrons.